The maximum Gasteiger partial charge on any atom is 0.165 e. The monoisotopic (exact) mass is 356 g/mol. The normalized spacial score (nSPS) is 11.1. The number of hydrogen-bond acceptors (Lipinski definition) is 3. The maximum absolute atomic E-state index is 4.90. The number of nitrogens with zero attached hydrogens (tertiary/aromatic N) is 3. The Bertz CT molecular complexity index is 1060. The lowest BCUT2D eigenvalue weighted by atomic mass is 10.1. The Labute approximate surface area is 159 Å². The van der Waals surface area contributed by atoms with Gasteiger partial charge in [-0.2, -0.15) is 9.61 Å². The molecule has 0 saturated carbocycles. The summed E-state index contributed by atoms with van der Waals surface area (Å²) in [5, 5.41) is 8.18. The van der Waals surface area contributed by atoms with Gasteiger partial charge in [0.2, 0.25) is 0 Å². The average molecular weight is 356 g/mol. The van der Waals surface area contributed by atoms with Crippen LogP contribution in [0.2, 0.25) is 0 Å². The molecule has 4 aromatic rings. The van der Waals surface area contributed by atoms with Crippen molar-refractivity contribution in [3.05, 3.63) is 77.6 Å². The van der Waals surface area contributed by atoms with Crippen molar-refractivity contribution in [1.82, 2.24) is 14.6 Å². The van der Waals surface area contributed by atoms with Crippen LogP contribution in [0.3, 0.4) is 0 Å². The van der Waals surface area contributed by atoms with E-state index in [1.807, 2.05) is 28.9 Å². The van der Waals surface area contributed by atoms with Crippen LogP contribution < -0.4 is 5.32 Å². The van der Waals surface area contributed by atoms with Crippen molar-refractivity contribution >= 4 is 17.2 Å². The standard InChI is InChI=1S/C23H24N4/c1-4-8-19-14-22(25-20-12-16(2)11-17(3)13-20)27-23(26-19)21(15-24-27)18-9-6-5-7-10-18/h5-7,9-15,25H,4,8H2,1-3H3. The molecule has 4 heteroatoms. The summed E-state index contributed by atoms with van der Waals surface area (Å²) in [4.78, 5) is 4.90. The zero-order valence-electron chi connectivity index (χ0n) is 16.0. The molecule has 0 fully saturated rings. The predicted octanol–water partition coefficient (Wildman–Crippen LogP) is 5.71. The highest BCUT2D eigenvalue weighted by Crippen LogP contribution is 2.27. The van der Waals surface area contributed by atoms with Gasteiger partial charge in [0.1, 0.15) is 5.82 Å². The maximum atomic E-state index is 4.90. The lowest BCUT2D eigenvalue weighted by molar-refractivity contribution is 0.862. The van der Waals surface area contributed by atoms with Crippen LogP contribution >= 0.6 is 0 Å². The van der Waals surface area contributed by atoms with Crippen LogP contribution in [0.25, 0.3) is 16.8 Å². The number of benzene rings is 2. The van der Waals surface area contributed by atoms with Crippen molar-refractivity contribution in [3.8, 4) is 11.1 Å². The van der Waals surface area contributed by atoms with Gasteiger partial charge in [0, 0.05) is 23.0 Å². The molecule has 27 heavy (non-hydrogen) atoms. The first kappa shape index (κ1) is 17.3. The van der Waals surface area contributed by atoms with E-state index in [4.69, 9.17) is 4.98 Å². The summed E-state index contributed by atoms with van der Waals surface area (Å²) >= 11 is 0. The molecule has 0 atom stereocenters. The molecule has 2 heterocycles. The molecule has 4 rings (SSSR count). The van der Waals surface area contributed by atoms with Crippen molar-refractivity contribution in [3.63, 3.8) is 0 Å². The van der Waals surface area contributed by atoms with E-state index in [1.54, 1.807) is 0 Å². The molecule has 0 amide bonds. The molecular weight excluding hydrogens is 332 g/mol. The van der Waals surface area contributed by atoms with E-state index in [-0.39, 0.29) is 0 Å². The van der Waals surface area contributed by atoms with Crippen LogP contribution in [0.1, 0.15) is 30.2 Å². The summed E-state index contributed by atoms with van der Waals surface area (Å²) in [7, 11) is 0. The number of hydrogen-bond donors (Lipinski definition) is 1. The third kappa shape index (κ3) is 3.56. The van der Waals surface area contributed by atoms with Crippen molar-refractivity contribution < 1.29 is 0 Å². The van der Waals surface area contributed by atoms with Crippen LogP contribution in [0.4, 0.5) is 11.5 Å². The van der Waals surface area contributed by atoms with E-state index >= 15 is 0 Å². The predicted molar refractivity (Wildman–Crippen MR) is 112 cm³/mol. The Morgan fingerprint density at radius 2 is 1.70 bits per heavy atom. The summed E-state index contributed by atoms with van der Waals surface area (Å²) < 4.78 is 1.90. The largest absolute Gasteiger partial charge is 0.340 e. The minimum absolute atomic E-state index is 0.888. The smallest absolute Gasteiger partial charge is 0.165 e. The van der Waals surface area contributed by atoms with Gasteiger partial charge < -0.3 is 5.32 Å². The average Bonchev–Trinajstić information content (AvgIpc) is 3.06. The molecule has 0 aliphatic carbocycles. The third-order valence-electron chi connectivity index (χ3n) is 4.61. The Balaban J connectivity index is 1.85. The minimum atomic E-state index is 0.888. The van der Waals surface area contributed by atoms with Gasteiger partial charge in [0.15, 0.2) is 5.65 Å². The molecule has 136 valence electrons. The van der Waals surface area contributed by atoms with Crippen LogP contribution in [0.5, 0.6) is 0 Å². The summed E-state index contributed by atoms with van der Waals surface area (Å²) in [6, 6.07) is 18.9. The first-order valence-corrected chi connectivity index (χ1v) is 9.42. The molecule has 0 radical (unpaired) electrons. The highest BCUT2D eigenvalue weighted by Gasteiger charge is 2.13. The number of aromatic nitrogens is 3. The van der Waals surface area contributed by atoms with Gasteiger partial charge in [-0.25, -0.2) is 4.98 Å². The molecule has 0 aliphatic heterocycles. The van der Waals surface area contributed by atoms with Crippen LogP contribution in [-0.2, 0) is 6.42 Å². The zero-order chi connectivity index (χ0) is 18.8. The molecule has 2 aromatic carbocycles. The summed E-state index contributed by atoms with van der Waals surface area (Å²) in [5.41, 5.74) is 7.69. The fourth-order valence-corrected chi connectivity index (χ4v) is 3.50. The Morgan fingerprint density at radius 1 is 0.963 bits per heavy atom. The topological polar surface area (TPSA) is 42.2 Å². The summed E-state index contributed by atoms with van der Waals surface area (Å²) in [5.74, 6) is 0.940. The van der Waals surface area contributed by atoms with Gasteiger partial charge in [0.25, 0.3) is 0 Å². The first-order chi connectivity index (χ1) is 13.1. The molecule has 0 spiro atoms. The van der Waals surface area contributed by atoms with Gasteiger partial charge in [-0.3, -0.25) is 0 Å². The van der Waals surface area contributed by atoms with Crippen LogP contribution in [0, 0.1) is 13.8 Å². The van der Waals surface area contributed by atoms with Crippen LogP contribution in [-0.4, -0.2) is 14.6 Å². The number of nitrogens with one attached hydrogen (secondary N) is 1. The lowest BCUT2D eigenvalue weighted by Crippen LogP contribution is -2.04. The Kier molecular flexibility index (Phi) is 4.63. The van der Waals surface area contributed by atoms with E-state index in [9.17, 15) is 0 Å². The van der Waals surface area contributed by atoms with Gasteiger partial charge in [-0.1, -0.05) is 49.7 Å². The fourth-order valence-electron chi connectivity index (χ4n) is 3.50. The second kappa shape index (κ2) is 7.23. The van der Waals surface area contributed by atoms with Gasteiger partial charge >= 0.3 is 0 Å². The second-order valence-electron chi connectivity index (χ2n) is 7.04. The van der Waals surface area contributed by atoms with Crippen molar-refractivity contribution in [2.75, 3.05) is 5.32 Å². The summed E-state index contributed by atoms with van der Waals surface area (Å²) in [6.45, 7) is 6.41. The van der Waals surface area contributed by atoms with E-state index in [0.717, 1.165) is 46.8 Å². The Morgan fingerprint density at radius 3 is 2.41 bits per heavy atom. The van der Waals surface area contributed by atoms with Crippen molar-refractivity contribution in [2.45, 2.75) is 33.6 Å². The van der Waals surface area contributed by atoms with E-state index in [1.165, 1.54) is 11.1 Å². The molecule has 0 unspecified atom stereocenters. The number of aryl methyl sites for hydroxylation is 3. The van der Waals surface area contributed by atoms with E-state index in [2.05, 4.69) is 67.6 Å². The molecule has 4 nitrogen and oxygen atoms in total. The van der Waals surface area contributed by atoms with E-state index in [0.29, 0.717) is 0 Å². The van der Waals surface area contributed by atoms with Gasteiger partial charge in [-0.05, 0) is 49.1 Å². The molecule has 2 aromatic heterocycles. The zero-order valence-corrected chi connectivity index (χ0v) is 16.0. The Hall–Kier alpha value is -3.14. The molecule has 0 bridgehead atoms. The quantitative estimate of drug-likeness (QED) is 0.498. The number of anilines is 2. The number of rotatable bonds is 5. The molecule has 0 aliphatic rings. The minimum Gasteiger partial charge on any atom is -0.340 e. The second-order valence-corrected chi connectivity index (χ2v) is 7.04. The molecular formula is C23H24N4. The van der Waals surface area contributed by atoms with Crippen molar-refractivity contribution in [2.24, 2.45) is 0 Å². The first-order valence-electron chi connectivity index (χ1n) is 9.42. The SMILES string of the molecule is CCCc1cc(Nc2cc(C)cc(C)c2)n2ncc(-c3ccccc3)c2n1. The highest BCUT2D eigenvalue weighted by molar-refractivity contribution is 5.78. The molecule has 1 N–H and O–H groups in total. The van der Waals surface area contributed by atoms with E-state index < -0.39 is 0 Å². The number of fused-ring (bicyclic) bond motifs is 1. The lowest BCUT2D eigenvalue weighted by Gasteiger charge is -2.12. The fraction of sp³-hybridized carbons (Fsp3) is 0.217. The van der Waals surface area contributed by atoms with Crippen molar-refractivity contribution in [1.29, 1.82) is 0 Å². The van der Waals surface area contributed by atoms with Crippen LogP contribution in [0.15, 0.2) is 60.8 Å². The summed E-state index contributed by atoms with van der Waals surface area (Å²) in [6.07, 6.45) is 3.90. The van der Waals surface area contributed by atoms with Gasteiger partial charge in [0.05, 0.1) is 6.20 Å². The third-order valence-corrected chi connectivity index (χ3v) is 4.61. The van der Waals surface area contributed by atoms with Gasteiger partial charge in [-0.15, -0.1) is 0 Å². The highest BCUT2D eigenvalue weighted by atomic mass is 15.3. The molecule has 0 saturated heterocycles.